The van der Waals surface area contributed by atoms with Crippen LogP contribution in [0.3, 0.4) is 0 Å². The molecule has 0 fully saturated rings. The van der Waals surface area contributed by atoms with Crippen LogP contribution in [-0.4, -0.2) is 32.5 Å². The Morgan fingerprint density at radius 1 is 1.12 bits per heavy atom. The number of ether oxygens (including phenoxy) is 1. The third-order valence-corrected chi connectivity index (χ3v) is 3.71. The maximum absolute atomic E-state index is 12.9. The molecule has 0 aliphatic carbocycles. The number of imidazole rings is 1. The summed E-state index contributed by atoms with van der Waals surface area (Å²) in [7, 11) is 0. The molecule has 0 saturated heterocycles. The Balaban J connectivity index is 1.73. The monoisotopic (exact) mass is 330 g/mol. The van der Waals surface area contributed by atoms with Gasteiger partial charge in [-0.2, -0.15) is 0 Å². The van der Waals surface area contributed by atoms with Crippen molar-refractivity contribution < 1.29 is 19.3 Å². The van der Waals surface area contributed by atoms with E-state index < -0.39 is 12.2 Å². The van der Waals surface area contributed by atoms with Gasteiger partial charge < -0.3 is 19.5 Å². The van der Waals surface area contributed by atoms with E-state index in [-0.39, 0.29) is 19.0 Å². The standard InChI is InChI=1S/C18H19FN2O3/c1-12(22)18-20-16-4-2-3-5-17(16)21(18)10-14(23)11-24-15-8-6-13(19)7-9-15/h2-9,12,14,22-23H,10-11H2,1H3/t12-,14-/m0/s1. The van der Waals surface area contributed by atoms with Gasteiger partial charge in [-0.25, -0.2) is 9.37 Å². The van der Waals surface area contributed by atoms with Crippen molar-refractivity contribution in [3.8, 4) is 5.75 Å². The smallest absolute Gasteiger partial charge is 0.138 e. The van der Waals surface area contributed by atoms with E-state index in [2.05, 4.69) is 4.98 Å². The number of nitrogens with zero attached hydrogens (tertiary/aromatic N) is 2. The lowest BCUT2D eigenvalue weighted by molar-refractivity contribution is 0.0895. The van der Waals surface area contributed by atoms with Crippen LogP contribution in [-0.2, 0) is 6.54 Å². The Hall–Kier alpha value is -2.44. The van der Waals surface area contributed by atoms with Gasteiger partial charge in [0.15, 0.2) is 0 Å². The van der Waals surface area contributed by atoms with Crippen LogP contribution in [0.25, 0.3) is 11.0 Å². The molecule has 3 aromatic rings. The minimum absolute atomic E-state index is 0.0530. The molecule has 1 heterocycles. The Morgan fingerprint density at radius 2 is 1.83 bits per heavy atom. The van der Waals surface area contributed by atoms with Crippen molar-refractivity contribution in [1.82, 2.24) is 9.55 Å². The lowest BCUT2D eigenvalue weighted by atomic mass is 10.3. The van der Waals surface area contributed by atoms with Gasteiger partial charge in [0.1, 0.15) is 36.2 Å². The maximum Gasteiger partial charge on any atom is 0.138 e. The highest BCUT2D eigenvalue weighted by atomic mass is 19.1. The topological polar surface area (TPSA) is 67.5 Å². The highest BCUT2D eigenvalue weighted by molar-refractivity contribution is 5.76. The van der Waals surface area contributed by atoms with Gasteiger partial charge in [0.2, 0.25) is 0 Å². The summed E-state index contributed by atoms with van der Waals surface area (Å²) in [6.07, 6.45) is -1.55. The van der Waals surface area contributed by atoms with Crippen LogP contribution in [0.5, 0.6) is 5.75 Å². The summed E-state index contributed by atoms with van der Waals surface area (Å²) in [5, 5.41) is 20.2. The van der Waals surface area contributed by atoms with E-state index in [4.69, 9.17) is 4.74 Å². The summed E-state index contributed by atoms with van der Waals surface area (Å²) in [6.45, 7) is 1.93. The van der Waals surface area contributed by atoms with Crippen LogP contribution in [0.2, 0.25) is 0 Å². The molecule has 0 radical (unpaired) electrons. The molecule has 0 amide bonds. The average Bonchev–Trinajstić information content (AvgIpc) is 2.93. The first-order chi connectivity index (χ1) is 11.5. The van der Waals surface area contributed by atoms with Crippen molar-refractivity contribution in [3.63, 3.8) is 0 Å². The summed E-state index contributed by atoms with van der Waals surface area (Å²) in [6, 6.07) is 13.1. The van der Waals surface area contributed by atoms with E-state index in [1.165, 1.54) is 24.3 Å². The molecular weight excluding hydrogens is 311 g/mol. The van der Waals surface area contributed by atoms with Crippen molar-refractivity contribution >= 4 is 11.0 Å². The van der Waals surface area contributed by atoms with Crippen LogP contribution < -0.4 is 4.74 Å². The van der Waals surface area contributed by atoms with E-state index >= 15 is 0 Å². The number of para-hydroxylation sites is 2. The normalized spacial score (nSPS) is 13.8. The SMILES string of the molecule is C[C@H](O)c1nc2ccccc2n1C[C@H](O)COc1ccc(F)cc1. The molecule has 3 rings (SSSR count). The Labute approximate surface area is 139 Å². The third-order valence-electron chi connectivity index (χ3n) is 3.71. The van der Waals surface area contributed by atoms with E-state index in [9.17, 15) is 14.6 Å². The van der Waals surface area contributed by atoms with Crippen molar-refractivity contribution in [1.29, 1.82) is 0 Å². The Morgan fingerprint density at radius 3 is 2.54 bits per heavy atom. The first-order valence-electron chi connectivity index (χ1n) is 7.74. The summed E-state index contributed by atoms with van der Waals surface area (Å²) < 4.78 is 20.1. The highest BCUT2D eigenvalue weighted by Crippen LogP contribution is 2.21. The molecule has 0 spiro atoms. The van der Waals surface area contributed by atoms with Crippen LogP contribution in [0.15, 0.2) is 48.5 Å². The van der Waals surface area contributed by atoms with Gasteiger partial charge in [-0.1, -0.05) is 12.1 Å². The first kappa shape index (κ1) is 16.4. The molecule has 2 aromatic carbocycles. The van der Waals surface area contributed by atoms with Gasteiger partial charge in [-0.15, -0.1) is 0 Å². The maximum atomic E-state index is 12.9. The Bertz CT molecular complexity index is 815. The second-order valence-electron chi connectivity index (χ2n) is 5.66. The molecule has 0 bridgehead atoms. The second kappa shape index (κ2) is 6.98. The second-order valence-corrected chi connectivity index (χ2v) is 5.66. The molecule has 6 heteroatoms. The zero-order valence-corrected chi connectivity index (χ0v) is 13.3. The first-order valence-corrected chi connectivity index (χ1v) is 7.74. The van der Waals surface area contributed by atoms with Crippen LogP contribution >= 0.6 is 0 Å². The van der Waals surface area contributed by atoms with Crippen LogP contribution in [0.1, 0.15) is 18.9 Å². The lowest BCUT2D eigenvalue weighted by Gasteiger charge is -2.16. The summed E-state index contributed by atoms with van der Waals surface area (Å²) in [5.41, 5.74) is 1.61. The number of rotatable bonds is 6. The van der Waals surface area contributed by atoms with E-state index in [0.717, 1.165) is 11.0 Å². The predicted octanol–water partition coefficient (Wildman–Crippen LogP) is 2.67. The van der Waals surface area contributed by atoms with Crippen LogP contribution in [0.4, 0.5) is 4.39 Å². The number of aromatic nitrogens is 2. The molecule has 0 unspecified atom stereocenters. The fourth-order valence-electron chi connectivity index (χ4n) is 2.59. The number of halogens is 1. The van der Waals surface area contributed by atoms with Crippen molar-refractivity contribution in [2.75, 3.05) is 6.61 Å². The fourth-order valence-corrected chi connectivity index (χ4v) is 2.59. The van der Waals surface area contributed by atoms with Gasteiger partial charge in [-0.3, -0.25) is 0 Å². The predicted molar refractivity (Wildman–Crippen MR) is 88.3 cm³/mol. The third kappa shape index (κ3) is 3.55. The van der Waals surface area contributed by atoms with E-state index in [1.807, 2.05) is 24.3 Å². The number of hydrogen-bond acceptors (Lipinski definition) is 4. The Kier molecular flexibility index (Phi) is 4.78. The van der Waals surface area contributed by atoms with Gasteiger partial charge in [0.05, 0.1) is 17.6 Å². The van der Waals surface area contributed by atoms with Crippen molar-refractivity contribution in [3.05, 3.63) is 60.2 Å². The van der Waals surface area contributed by atoms with Gasteiger partial charge in [0, 0.05) is 0 Å². The summed E-state index contributed by atoms with van der Waals surface area (Å²) >= 11 is 0. The number of hydrogen-bond donors (Lipinski definition) is 2. The molecule has 1 aromatic heterocycles. The summed E-state index contributed by atoms with van der Waals surface area (Å²) in [4.78, 5) is 4.41. The van der Waals surface area contributed by atoms with Crippen molar-refractivity contribution in [2.24, 2.45) is 0 Å². The number of aliphatic hydroxyl groups is 2. The molecule has 0 saturated carbocycles. The quantitative estimate of drug-likeness (QED) is 0.729. The highest BCUT2D eigenvalue weighted by Gasteiger charge is 2.17. The number of aliphatic hydroxyl groups excluding tert-OH is 2. The molecule has 0 aliphatic rings. The molecule has 24 heavy (non-hydrogen) atoms. The van der Waals surface area contributed by atoms with E-state index in [1.54, 1.807) is 11.5 Å². The van der Waals surface area contributed by atoms with Crippen LogP contribution in [0, 0.1) is 5.82 Å². The fraction of sp³-hybridized carbons (Fsp3) is 0.278. The molecule has 0 aliphatic heterocycles. The molecule has 126 valence electrons. The van der Waals surface area contributed by atoms with Gasteiger partial charge >= 0.3 is 0 Å². The molecular formula is C18H19FN2O3. The molecule has 2 N–H and O–H groups in total. The van der Waals surface area contributed by atoms with Gasteiger partial charge in [0.25, 0.3) is 0 Å². The zero-order valence-electron chi connectivity index (χ0n) is 13.3. The van der Waals surface area contributed by atoms with E-state index in [0.29, 0.717) is 11.6 Å². The zero-order chi connectivity index (χ0) is 17.1. The van der Waals surface area contributed by atoms with Gasteiger partial charge in [-0.05, 0) is 43.3 Å². The largest absolute Gasteiger partial charge is 0.491 e. The molecule has 2 atom stereocenters. The summed E-state index contributed by atoms with van der Waals surface area (Å²) in [5.74, 6) is 0.646. The average molecular weight is 330 g/mol. The lowest BCUT2D eigenvalue weighted by Crippen LogP contribution is -2.25. The minimum Gasteiger partial charge on any atom is -0.491 e. The molecule has 5 nitrogen and oxygen atoms in total. The number of fused-ring (bicyclic) bond motifs is 1. The minimum atomic E-state index is -0.801. The number of benzene rings is 2. The van der Waals surface area contributed by atoms with Crippen molar-refractivity contribution in [2.45, 2.75) is 25.7 Å².